The molecule has 1 aliphatic heterocycles. The van der Waals surface area contributed by atoms with Crippen molar-refractivity contribution >= 4 is 22.1 Å². The molecule has 4 rings (SSSR count). The van der Waals surface area contributed by atoms with Crippen LogP contribution < -0.4 is 5.32 Å². The van der Waals surface area contributed by atoms with E-state index in [1.54, 1.807) is 11.3 Å². The molecule has 3 heterocycles. The van der Waals surface area contributed by atoms with Crippen molar-refractivity contribution in [2.75, 3.05) is 26.2 Å². The lowest BCUT2D eigenvalue weighted by molar-refractivity contribution is 0.199. The van der Waals surface area contributed by atoms with Gasteiger partial charge in [-0.3, -0.25) is 9.88 Å². The largest absolute Gasteiger partial charge is 0.314 e. The molecular weight excluding hydrogens is 290 g/mol. The molecule has 22 heavy (non-hydrogen) atoms. The summed E-state index contributed by atoms with van der Waals surface area (Å²) in [7, 11) is 0. The first kappa shape index (κ1) is 13.9. The van der Waals surface area contributed by atoms with Crippen LogP contribution in [0, 0.1) is 0 Å². The third-order valence-corrected chi connectivity index (χ3v) is 5.06. The summed E-state index contributed by atoms with van der Waals surface area (Å²) in [6.45, 7) is 4.32. The van der Waals surface area contributed by atoms with E-state index in [0.29, 0.717) is 6.04 Å². The highest BCUT2D eigenvalue weighted by Gasteiger charge is 2.24. The van der Waals surface area contributed by atoms with Gasteiger partial charge >= 0.3 is 0 Å². The van der Waals surface area contributed by atoms with Crippen molar-refractivity contribution in [2.45, 2.75) is 6.04 Å². The van der Waals surface area contributed by atoms with Crippen LogP contribution in [0.4, 0.5) is 0 Å². The monoisotopic (exact) mass is 309 g/mol. The second-order valence-electron chi connectivity index (χ2n) is 5.73. The van der Waals surface area contributed by atoms with Crippen LogP contribution >= 0.6 is 11.3 Å². The van der Waals surface area contributed by atoms with E-state index in [-0.39, 0.29) is 0 Å². The quantitative estimate of drug-likeness (QED) is 0.805. The van der Waals surface area contributed by atoms with Gasteiger partial charge in [-0.05, 0) is 45.5 Å². The predicted molar refractivity (Wildman–Crippen MR) is 92.3 cm³/mol. The topological polar surface area (TPSA) is 28.2 Å². The van der Waals surface area contributed by atoms with Gasteiger partial charge in [0.15, 0.2) is 0 Å². The lowest BCUT2D eigenvalue weighted by Crippen LogP contribution is -2.45. The molecule has 1 unspecified atom stereocenters. The number of hydrogen-bond donors (Lipinski definition) is 1. The average molecular weight is 309 g/mol. The molecule has 2 aromatic heterocycles. The normalized spacial score (nSPS) is 17.6. The van der Waals surface area contributed by atoms with Gasteiger partial charge < -0.3 is 5.32 Å². The molecule has 0 saturated carbocycles. The molecular formula is C18H19N3S. The van der Waals surface area contributed by atoms with Gasteiger partial charge in [0.1, 0.15) is 0 Å². The first-order chi connectivity index (χ1) is 10.9. The zero-order chi connectivity index (χ0) is 14.8. The summed E-state index contributed by atoms with van der Waals surface area (Å²) in [4.78, 5) is 6.79. The summed E-state index contributed by atoms with van der Waals surface area (Å²) >= 11 is 1.78. The molecule has 1 N–H and O–H groups in total. The van der Waals surface area contributed by atoms with Crippen molar-refractivity contribution in [3.05, 3.63) is 64.6 Å². The molecule has 1 aliphatic rings. The van der Waals surface area contributed by atoms with Gasteiger partial charge in [0.05, 0.1) is 6.04 Å². The maximum absolute atomic E-state index is 4.21. The van der Waals surface area contributed by atoms with Crippen molar-refractivity contribution in [1.29, 1.82) is 0 Å². The van der Waals surface area contributed by atoms with Gasteiger partial charge in [-0.1, -0.05) is 12.1 Å². The molecule has 1 aromatic carbocycles. The van der Waals surface area contributed by atoms with E-state index < -0.39 is 0 Å². The Bertz CT molecular complexity index is 748. The van der Waals surface area contributed by atoms with Crippen molar-refractivity contribution < 1.29 is 0 Å². The molecule has 1 atom stereocenters. The minimum absolute atomic E-state index is 0.353. The molecule has 0 aliphatic carbocycles. The second kappa shape index (κ2) is 6.16. The molecule has 0 spiro atoms. The number of aromatic nitrogens is 1. The number of rotatable bonds is 3. The van der Waals surface area contributed by atoms with E-state index in [2.05, 4.69) is 56.3 Å². The van der Waals surface area contributed by atoms with E-state index >= 15 is 0 Å². The Hall–Kier alpha value is -1.75. The fraction of sp³-hybridized carbons (Fsp3) is 0.278. The Morgan fingerprint density at radius 3 is 2.77 bits per heavy atom. The van der Waals surface area contributed by atoms with Crippen LogP contribution in [-0.2, 0) is 0 Å². The highest BCUT2D eigenvalue weighted by Crippen LogP contribution is 2.32. The fourth-order valence-corrected chi connectivity index (χ4v) is 3.94. The number of benzene rings is 1. The van der Waals surface area contributed by atoms with Crippen LogP contribution in [0.2, 0.25) is 0 Å². The highest BCUT2D eigenvalue weighted by molar-refractivity contribution is 7.08. The first-order valence-corrected chi connectivity index (χ1v) is 8.67. The summed E-state index contributed by atoms with van der Waals surface area (Å²) in [6.07, 6.45) is 3.81. The van der Waals surface area contributed by atoms with E-state index in [1.807, 2.05) is 12.4 Å². The Kier molecular flexibility index (Phi) is 3.89. The SMILES string of the molecule is c1cc2cc(C(c3ccsc3)N3CCNCC3)ccc2cn1. The van der Waals surface area contributed by atoms with Crippen LogP contribution in [0.1, 0.15) is 17.2 Å². The molecule has 4 heteroatoms. The van der Waals surface area contributed by atoms with Crippen molar-refractivity contribution in [2.24, 2.45) is 0 Å². The average Bonchev–Trinajstić information content (AvgIpc) is 3.10. The standard InChI is InChI=1S/C18H19N3S/c1-2-16-12-20-5-3-14(16)11-15(1)18(17-4-10-22-13-17)21-8-6-19-7-9-21/h1-5,10-13,18-19H,6-9H2. The number of nitrogens with zero attached hydrogens (tertiary/aromatic N) is 2. The Balaban J connectivity index is 1.78. The molecule has 1 fully saturated rings. The van der Waals surface area contributed by atoms with Gasteiger partial charge in [0.25, 0.3) is 0 Å². The summed E-state index contributed by atoms with van der Waals surface area (Å²) in [5, 5.41) is 10.4. The molecule has 112 valence electrons. The number of hydrogen-bond acceptors (Lipinski definition) is 4. The molecule has 0 amide bonds. The predicted octanol–water partition coefficient (Wildman–Crippen LogP) is 3.29. The number of thiophene rings is 1. The molecule has 0 bridgehead atoms. The minimum Gasteiger partial charge on any atom is -0.314 e. The molecule has 3 aromatic rings. The summed E-state index contributed by atoms with van der Waals surface area (Å²) in [5.74, 6) is 0. The van der Waals surface area contributed by atoms with E-state index in [4.69, 9.17) is 0 Å². The minimum atomic E-state index is 0.353. The van der Waals surface area contributed by atoms with Gasteiger partial charge in [-0.15, -0.1) is 0 Å². The third-order valence-electron chi connectivity index (χ3n) is 4.36. The number of pyridine rings is 1. The number of fused-ring (bicyclic) bond motifs is 1. The second-order valence-corrected chi connectivity index (χ2v) is 6.51. The van der Waals surface area contributed by atoms with Gasteiger partial charge in [-0.2, -0.15) is 11.3 Å². The Morgan fingerprint density at radius 2 is 1.95 bits per heavy atom. The van der Waals surface area contributed by atoms with E-state index in [1.165, 1.54) is 21.9 Å². The Morgan fingerprint density at radius 1 is 1.05 bits per heavy atom. The maximum atomic E-state index is 4.21. The van der Waals surface area contributed by atoms with E-state index in [9.17, 15) is 0 Å². The highest BCUT2D eigenvalue weighted by atomic mass is 32.1. The van der Waals surface area contributed by atoms with E-state index in [0.717, 1.165) is 26.2 Å². The van der Waals surface area contributed by atoms with Gasteiger partial charge in [0, 0.05) is 44.0 Å². The smallest absolute Gasteiger partial charge is 0.0611 e. The summed E-state index contributed by atoms with van der Waals surface area (Å²) in [5.41, 5.74) is 2.78. The number of nitrogens with one attached hydrogen (secondary N) is 1. The lowest BCUT2D eigenvalue weighted by atomic mass is 9.96. The van der Waals surface area contributed by atoms with Gasteiger partial charge in [0.2, 0.25) is 0 Å². The summed E-state index contributed by atoms with van der Waals surface area (Å²) < 4.78 is 0. The Labute approximate surface area is 134 Å². The van der Waals surface area contributed by atoms with Crippen LogP contribution in [0.5, 0.6) is 0 Å². The zero-order valence-electron chi connectivity index (χ0n) is 12.4. The van der Waals surface area contributed by atoms with Crippen LogP contribution in [0.3, 0.4) is 0 Å². The molecule has 3 nitrogen and oxygen atoms in total. The van der Waals surface area contributed by atoms with Crippen LogP contribution in [0.25, 0.3) is 10.8 Å². The maximum Gasteiger partial charge on any atom is 0.0611 e. The van der Waals surface area contributed by atoms with Crippen molar-refractivity contribution in [3.63, 3.8) is 0 Å². The number of piperazine rings is 1. The first-order valence-electron chi connectivity index (χ1n) is 7.72. The summed E-state index contributed by atoms with van der Waals surface area (Å²) in [6, 6.07) is 11.5. The molecule has 0 radical (unpaired) electrons. The molecule has 1 saturated heterocycles. The zero-order valence-corrected chi connectivity index (χ0v) is 13.2. The third kappa shape index (κ3) is 2.65. The fourth-order valence-electron chi connectivity index (χ4n) is 3.26. The van der Waals surface area contributed by atoms with Crippen molar-refractivity contribution in [1.82, 2.24) is 15.2 Å². The van der Waals surface area contributed by atoms with Crippen molar-refractivity contribution in [3.8, 4) is 0 Å². The van der Waals surface area contributed by atoms with Gasteiger partial charge in [-0.25, -0.2) is 0 Å². The lowest BCUT2D eigenvalue weighted by Gasteiger charge is -2.35. The van der Waals surface area contributed by atoms with Crippen LogP contribution in [0.15, 0.2) is 53.5 Å². The van der Waals surface area contributed by atoms with Crippen LogP contribution in [-0.4, -0.2) is 36.1 Å².